The Kier molecular flexibility index (Phi) is 56.8. The number of carbonyl (C=O) groups is 1. The first-order chi connectivity index (χ1) is 3.73. The predicted octanol–water partition coefficient (Wildman–Crippen LogP) is -6.59. The molecule has 0 fully saturated rings. The average molecular weight is 292 g/mol. The number of phosphoric acid groups is 1. The van der Waals surface area contributed by atoms with Crippen LogP contribution in [0.2, 0.25) is 0 Å². The van der Waals surface area contributed by atoms with E-state index in [0.717, 1.165) is 0 Å². The van der Waals surface area contributed by atoms with Crippen LogP contribution < -0.4 is 24.9 Å². The van der Waals surface area contributed by atoms with E-state index in [1.165, 1.54) is 0 Å². The van der Waals surface area contributed by atoms with Crippen LogP contribution in [0.5, 0.6) is 0 Å². The molecule has 0 heterocycles. The van der Waals surface area contributed by atoms with Gasteiger partial charge in [0, 0.05) is 0 Å². The van der Waals surface area contributed by atoms with Crippen LogP contribution in [0.3, 0.4) is 0 Å². The molecule has 8 nitrogen and oxygen atoms in total. The maximum absolute atomic E-state index is 8.55. The third-order valence-corrected chi connectivity index (χ3v) is 0. The summed E-state index contributed by atoms with van der Waals surface area (Å²) in [5.74, 6) is 0. The van der Waals surface area contributed by atoms with E-state index in [1.54, 1.807) is 0 Å². The van der Waals surface area contributed by atoms with Crippen molar-refractivity contribution in [1.29, 1.82) is 0 Å². The van der Waals surface area contributed by atoms with Gasteiger partial charge in [-0.3, -0.25) is 0 Å². The molecule has 13 heavy (non-hydrogen) atoms. The number of hydrogen-bond acceptors (Lipinski definition) is 8. The standard InChI is InChI=1S/CH2O3.3Ca.H3O4P.H2O/c2-1(3)4;;;;1-5(2,3)4;/h(H2,2,3,4);;;;(H3,1,2,3,4);1H2/q;3*+2;;/p-6. The van der Waals surface area contributed by atoms with Gasteiger partial charge in [-0.05, 0) is 6.16 Å². The summed E-state index contributed by atoms with van der Waals surface area (Å²) in [4.78, 5) is 34.0. The quantitative estimate of drug-likeness (QED) is 0.312. The molecule has 0 saturated carbocycles. The largest absolute Gasteiger partial charge is 2.00 e. The van der Waals surface area contributed by atoms with Crippen molar-refractivity contribution in [3.8, 4) is 0 Å². The van der Waals surface area contributed by atoms with Crippen molar-refractivity contribution in [3.05, 3.63) is 0 Å². The molecular weight excluding hydrogens is 291 g/mol. The topological polar surface area (TPSA) is 179 Å². The van der Waals surface area contributed by atoms with Gasteiger partial charge in [0.25, 0.3) is 0 Å². The fraction of sp³-hybridized carbons (Fsp3) is 0. The van der Waals surface area contributed by atoms with Crippen LogP contribution in [0, 0.1) is 0 Å². The summed E-state index contributed by atoms with van der Waals surface area (Å²) in [6, 6.07) is 0. The summed E-state index contributed by atoms with van der Waals surface area (Å²) in [5.41, 5.74) is 0. The van der Waals surface area contributed by atoms with Gasteiger partial charge in [-0.15, -0.1) is 0 Å². The van der Waals surface area contributed by atoms with Gasteiger partial charge in [0.15, 0.2) is 0 Å². The molecular formula is CHCa3O8P. The summed E-state index contributed by atoms with van der Waals surface area (Å²) in [6.07, 6.45) is -2.33. The Morgan fingerprint density at radius 2 is 0.923 bits per heavy atom. The Balaban J connectivity index is -0.0000000146. The van der Waals surface area contributed by atoms with E-state index in [0.29, 0.717) is 0 Å². The Morgan fingerprint density at radius 3 is 0.923 bits per heavy atom. The molecule has 0 aromatic rings. The normalized spacial score (nSPS) is 6.38. The summed E-state index contributed by atoms with van der Waals surface area (Å²) >= 11 is 0. The minimum absolute atomic E-state index is 0. The molecule has 64 valence electrons. The fourth-order valence-corrected chi connectivity index (χ4v) is 0. The SMILES string of the molecule is O=C([O-])[O-].O=P([O-])([O-])[O-].[Ca+2].[Ca+2].[Ca+2].[OH-]. The van der Waals surface area contributed by atoms with E-state index >= 15 is 0 Å². The summed E-state index contributed by atoms with van der Waals surface area (Å²) in [6.45, 7) is 0. The first-order valence-corrected chi connectivity index (χ1v) is 2.80. The molecule has 0 aliphatic rings. The van der Waals surface area contributed by atoms with Crippen LogP contribution in [-0.4, -0.2) is 125 Å². The molecule has 0 aromatic heterocycles. The van der Waals surface area contributed by atoms with Crippen LogP contribution >= 0.6 is 7.82 Å². The molecule has 0 aliphatic heterocycles. The van der Waals surface area contributed by atoms with Crippen LogP contribution in [0.1, 0.15) is 0 Å². The first kappa shape index (κ1) is 36.0. The number of carboxylic acid groups (broad SMARTS) is 2. The number of carbonyl (C=O) groups excluding carboxylic acids is 1. The Morgan fingerprint density at radius 1 is 0.923 bits per heavy atom. The third-order valence-electron chi connectivity index (χ3n) is 0. The minimum atomic E-state index is -5.39. The van der Waals surface area contributed by atoms with Gasteiger partial charge in [-0.2, -0.15) is 7.82 Å². The van der Waals surface area contributed by atoms with Crippen molar-refractivity contribution >= 4 is 127 Å². The molecule has 0 bridgehead atoms. The molecule has 0 atom stereocenters. The van der Waals surface area contributed by atoms with Crippen molar-refractivity contribution in [3.63, 3.8) is 0 Å². The molecule has 1 N–H and O–H groups in total. The predicted molar refractivity (Wildman–Crippen MR) is 32.2 cm³/mol. The van der Waals surface area contributed by atoms with Crippen molar-refractivity contribution in [2.45, 2.75) is 0 Å². The van der Waals surface area contributed by atoms with Crippen molar-refractivity contribution < 1.29 is 39.7 Å². The van der Waals surface area contributed by atoms with Gasteiger partial charge in [0.1, 0.15) is 0 Å². The maximum atomic E-state index is 8.55. The van der Waals surface area contributed by atoms with Gasteiger partial charge < -0.3 is 39.7 Å². The molecule has 12 heteroatoms. The summed E-state index contributed by atoms with van der Waals surface area (Å²) in [7, 11) is -5.39. The molecule has 0 rings (SSSR count). The molecule has 0 aromatic carbocycles. The van der Waals surface area contributed by atoms with E-state index < -0.39 is 14.0 Å². The molecule has 0 saturated heterocycles. The van der Waals surface area contributed by atoms with Gasteiger partial charge >= 0.3 is 113 Å². The third kappa shape index (κ3) is 267. The fourth-order valence-electron chi connectivity index (χ4n) is 0. The molecule has 0 spiro atoms. The number of rotatable bonds is 0. The molecule has 0 aliphatic carbocycles. The Bertz CT molecular complexity index is 119. The van der Waals surface area contributed by atoms with Gasteiger partial charge in [0.05, 0.1) is 0 Å². The average Bonchev–Trinajstić information content (AvgIpc) is 1.19. The second-order valence-electron chi connectivity index (χ2n) is 0.697. The first-order valence-electron chi connectivity index (χ1n) is 1.34. The van der Waals surface area contributed by atoms with Gasteiger partial charge in [0.2, 0.25) is 0 Å². The van der Waals surface area contributed by atoms with Crippen LogP contribution in [-0.2, 0) is 4.57 Å². The van der Waals surface area contributed by atoms with Gasteiger partial charge in [-0.25, -0.2) is 0 Å². The van der Waals surface area contributed by atoms with E-state index in [-0.39, 0.29) is 119 Å². The smallest absolute Gasteiger partial charge is 0.870 e. The van der Waals surface area contributed by atoms with E-state index in [1.807, 2.05) is 0 Å². The molecule has 0 amide bonds. The van der Waals surface area contributed by atoms with E-state index in [4.69, 9.17) is 34.3 Å². The summed E-state index contributed by atoms with van der Waals surface area (Å²) in [5, 5.41) is 16.7. The van der Waals surface area contributed by atoms with E-state index in [2.05, 4.69) is 0 Å². The zero-order chi connectivity index (χ0) is 8.08. The second kappa shape index (κ2) is 20.5. The zero-order valence-corrected chi connectivity index (χ0v) is 13.9. The molecule has 0 radical (unpaired) electrons. The van der Waals surface area contributed by atoms with Crippen LogP contribution in [0.4, 0.5) is 4.79 Å². The Hall–Kier alpha value is 3.12. The van der Waals surface area contributed by atoms with Crippen molar-refractivity contribution in [1.82, 2.24) is 0 Å². The number of hydrogen-bond donors (Lipinski definition) is 0. The minimum Gasteiger partial charge on any atom is -0.870 e. The maximum Gasteiger partial charge on any atom is 2.00 e. The van der Waals surface area contributed by atoms with Crippen molar-refractivity contribution in [2.75, 3.05) is 0 Å². The summed E-state index contributed by atoms with van der Waals surface area (Å²) < 4.78 is 8.55. The molecule has 0 unspecified atom stereocenters. The Labute approximate surface area is 163 Å². The van der Waals surface area contributed by atoms with Crippen LogP contribution in [0.25, 0.3) is 0 Å². The van der Waals surface area contributed by atoms with Gasteiger partial charge in [-0.1, -0.05) is 0 Å². The zero-order valence-electron chi connectivity index (χ0n) is 6.37. The van der Waals surface area contributed by atoms with E-state index in [9.17, 15) is 0 Å². The monoisotopic (exact) mass is 292 g/mol. The van der Waals surface area contributed by atoms with Crippen LogP contribution in [0.15, 0.2) is 0 Å². The second-order valence-corrected chi connectivity index (χ2v) is 1.59. The van der Waals surface area contributed by atoms with Crippen molar-refractivity contribution in [2.24, 2.45) is 0 Å².